The molecule has 1 saturated heterocycles. The van der Waals surface area contributed by atoms with E-state index in [4.69, 9.17) is 0 Å². The van der Waals surface area contributed by atoms with Crippen molar-refractivity contribution in [2.45, 2.75) is 27.1 Å². The van der Waals surface area contributed by atoms with Crippen LogP contribution in [-0.4, -0.2) is 39.5 Å². The molecule has 2 aliphatic rings. The number of quaternary nitrogens is 2. The minimum atomic E-state index is 0.594. The van der Waals surface area contributed by atoms with Crippen LogP contribution in [0.5, 0.6) is 0 Å². The van der Waals surface area contributed by atoms with Crippen LogP contribution in [-0.2, 0) is 6.42 Å². The second-order valence-electron chi connectivity index (χ2n) is 6.99. The number of hydrogen-bond donors (Lipinski definition) is 2. The number of nitrogens with one attached hydrogen (secondary N) is 2. The van der Waals surface area contributed by atoms with Gasteiger partial charge >= 0.3 is 0 Å². The monoisotopic (exact) mass is 358 g/mol. The number of benzene rings is 2. The first kappa shape index (κ1) is 16.5. The zero-order valence-corrected chi connectivity index (χ0v) is 16.1. The lowest BCUT2D eigenvalue weighted by atomic mass is 9.96. The highest BCUT2D eigenvalue weighted by Crippen LogP contribution is 2.41. The summed E-state index contributed by atoms with van der Waals surface area (Å²) in [5.74, 6) is 0. The van der Waals surface area contributed by atoms with Crippen molar-refractivity contribution in [2.75, 3.05) is 39.5 Å². The van der Waals surface area contributed by atoms with Gasteiger partial charge in [0.15, 0.2) is 0 Å². The molecule has 1 fully saturated rings. The van der Waals surface area contributed by atoms with Crippen LogP contribution in [0, 0.1) is 0 Å². The molecule has 0 spiro atoms. The molecule has 0 bridgehead atoms. The van der Waals surface area contributed by atoms with Crippen LogP contribution in [0.4, 0.5) is 0 Å². The predicted molar refractivity (Wildman–Crippen MR) is 103 cm³/mol. The maximum atomic E-state index is 2.46. The Kier molecular flexibility index (Phi) is 4.90. The minimum Gasteiger partial charge on any atom is -0.328 e. The second-order valence-corrected chi connectivity index (χ2v) is 8.95. The molecular weight excluding hydrogens is 332 g/mol. The molecule has 2 heterocycles. The van der Waals surface area contributed by atoms with Crippen molar-refractivity contribution in [3.63, 3.8) is 0 Å². The van der Waals surface area contributed by atoms with E-state index in [1.807, 2.05) is 23.5 Å². The van der Waals surface area contributed by atoms with Crippen molar-refractivity contribution < 1.29 is 9.80 Å². The molecule has 0 aromatic heterocycles. The molecule has 0 aliphatic carbocycles. The van der Waals surface area contributed by atoms with Crippen LogP contribution in [0.25, 0.3) is 0 Å². The molecule has 4 rings (SSSR count). The third kappa shape index (κ3) is 3.25. The SMILES string of the molecule is CSc1ccc2c(c1)C([NH+]1CC[NH+](C)CC1)Cc1ccccc1S2. The lowest BCUT2D eigenvalue weighted by Gasteiger charge is -2.33. The summed E-state index contributed by atoms with van der Waals surface area (Å²) in [5, 5.41) is 0. The molecular formula is C20H26N2S2+2. The molecule has 126 valence electrons. The summed E-state index contributed by atoms with van der Waals surface area (Å²) in [5.41, 5.74) is 3.09. The number of thioether (sulfide) groups is 1. The Bertz CT molecular complexity index is 723. The third-order valence-electron chi connectivity index (χ3n) is 5.45. The van der Waals surface area contributed by atoms with Crippen molar-refractivity contribution in [2.24, 2.45) is 0 Å². The average Bonchev–Trinajstić information content (AvgIpc) is 2.78. The lowest BCUT2D eigenvalue weighted by Crippen LogP contribution is -3.27. The Hall–Kier alpha value is -0.940. The highest BCUT2D eigenvalue weighted by atomic mass is 32.2. The highest BCUT2D eigenvalue weighted by Gasteiger charge is 2.33. The summed E-state index contributed by atoms with van der Waals surface area (Å²) in [6.45, 7) is 5.15. The number of likely N-dealkylation sites (N-methyl/N-ethyl adjacent to an activating group) is 1. The van der Waals surface area contributed by atoms with Crippen molar-refractivity contribution in [3.8, 4) is 0 Å². The van der Waals surface area contributed by atoms with Crippen molar-refractivity contribution >= 4 is 23.5 Å². The van der Waals surface area contributed by atoms with E-state index < -0.39 is 0 Å². The maximum Gasteiger partial charge on any atom is 0.127 e. The molecule has 2 aromatic rings. The average molecular weight is 359 g/mol. The van der Waals surface area contributed by atoms with Gasteiger partial charge in [-0.2, -0.15) is 0 Å². The molecule has 24 heavy (non-hydrogen) atoms. The zero-order chi connectivity index (χ0) is 16.5. The Labute approximate surface area is 153 Å². The molecule has 0 saturated carbocycles. The lowest BCUT2D eigenvalue weighted by molar-refractivity contribution is -1.02. The molecule has 2 N–H and O–H groups in total. The summed E-state index contributed by atoms with van der Waals surface area (Å²) in [6, 6.07) is 16.7. The summed E-state index contributed by atoms with van der Waals surface area (Å²) in [7, 11) is 2.33. The van der Waals surface area contributed by atoms with Gasteiger partial charge in [0, 0.05) is 26.7 Å². The summed E-state index contributed by atoms with van der Waals surface area (Å²) in [6.07, 6.45) is 3.35. The predicted octanol–water partition coefficient (Wildman–Crippen LogP) is 1.57. The number of hydrogen-bond acceptors (Lipinski definition) is 2. The van der Waals surface area contributed by atoms with E-state index in [9.17, 15) is 0 Å². The Morgan fingerprint density at radius 1 is 1.00 bits per heavy atom. The van der Waals surface area contributed by atoms with Gasteiger partial charge in [-0.1, -0.05) is 30.0 Å². The molecule has 2 nitrogen and oxygen atoms in total. The Morgan fingerprint density at radius 2 is 1.79 bits per heavy atom. The number of rotatable bonds is 2. The summed E-state index contributed by atoms with van der Waals surface area (Å²) >= 11 is 3.82. The van der Waals surface area contributed by atoms with Crippen LogP contribution in [0.1, 0.15) is 17.2 Å². The second kappa shape index (κ2) is 7.12. The van der Waals surface area contributed by atoms with Crippen LogP contribution in [0.3, 0.4) is 0 Å². The number of fused-ring (bicyclic) bond motifs is 2. The fourth-order valence-corrected chi connectivity index (χ4v) is 5.52. The van der Waals surface area contributed by atoms with Gasteiger partial charge in [-0.25, -0.2) is 0 Å². The maximum absolute atomic E-state index is 2.46. The van der Waals surface area contributed by atoms with Crippen molar-refractivity contribution in [1.29, 1.82) is 0 Å². The zero-order valence-electron chi connectivity index (χ0n) is 14.5. The molecule has 1 atom stereocenters. The van der Waals surface area contributed by atoms with Crippen molar-refractivity contribution in [1.82, 2.24) is 0 Å². The fourth-order valence-electron chi connectivity index (χ4n) is 3.95. The first-order chi connectivity index (χ1) is 11.7. The summed E-state index contributed by atoms with van der Waals surface area (Å²) < 4.78 is 0. The largest absolute Gasteiger partial charge is 0.328 e. The van der Waals surface area contributed by atoms with Gasteiger partial charge in [0.1, 0.15) is 32.2 Å². The molecule has 4 heteroatoms. The van der Waals surface area contributed by atoms with Crippen LogP contribution >= 0.6 is 23.5 Å². The minimum absolute atomic E-state index is 0.594. The standard InChI is InChI=1S/C20H24N2S2/c1-21-9-11-22(12-10-21)18-13-15-5-3-4-6-19(15)24-20-8-7-16(23-2)14-17(18)20/h3-8,14,18H,9-13H2,1-2H3/p+2. The van der Waals surface area contributed by atoms with Gasteiger partial charge in [-0.15, -0.1) is 11.8 Å². The Morgan fingerprint density at radius 3 is 2.58 bits per heavy atom. The topological polar surface area (TPSA) is 8.88 Å². The van der Waals surface area contributed by atoms with Crippen molar-refractivity contribution in [3.05, 3.63) is 53.6 Å². The first-order valence-electron chi connectivity index (χ1n) is 8.84. The van der Waals surface area contributed by atoms with Gasteiger partial charge in [0.2, 0.25) is 0 Å². The van der Waals surface area contributed by atoms with E-state index in [0.717, 1.165) is 0 Å². The quantitative estimate of drug-likeness (QED) is 0.789. The normalized spacial score (nSPS) is 26.3. The van der Waals surface area contributed by atoms with E-state index in [1.165, 1.54) is 52.8 Å². The Balaban J connectivity index is 1.76. The molecule has 0 amide bonds. The van der Waals surface area contributed by atoms with E-state index >= 15 is 0 Å². The van der Waals surface area contributed by atoms with Crippen LogP contribution in [0.15, 0.2) is 57.2 Å². The number of piperazine rings is 1. The molecule has 1 unspecified atom stereocenters. The van der Waals surface area contributed by atoms with E-state index in [0.29, 0.717) is 6.04 Å². The van der Waals surface area contributed by atoms with E-state index in [1.54, 1.807) is 15.4 Å². The van der Waals surface area contributed by atoms with Gasteiger partial charge in [-0.3, -0.25) is 0 Å². The fraction of sp³-hybridized carbons (Fsp3) is 0.400. The molecule has 2 aliphatic heterocycles. The van der Waals surface area contributed by atoms with Gasteiger partial charge in [0.25, 0.3) is 0 Å². The van der Waals surface area contributed by atoms with Gasteiger partial charge in [-0.05, 0) is 36.1 Å². The van der Waals surface area contributed by atoms with Crippen LogP contribution in [0.2, 0.25) is 0 Å². The van der Waals surface area contributed by atoms with E-state index in [-0.39, 0.29) is 0 Å². The van der Waals surface area contributed by atoms with Gasteiger partial charge < -0.3 is 9.80 Å². The van der Waals surface area contributed by atoms with Crippen LogP contribution < -0.4 is 9.80 Å². The third-order valence-corrected chi connectivity index (χ3v) is 7.38. The highest BCUT2D eigenvalue weighted by molar-refractivity contribution is 7.99. The smallest absolute Gasteiger partial charge is 0.127 e. The first-order valence-corrected chi connectivity index (χ1v) is 10.9. The molecule has 2 aromatic carbocycles. The molecule has 0 radical (unpaired) electrons. The van der Waals surface area contributed by atoms with E-state index in [2.05, 4.69) is 55.8 Å². The summed E-state index contributed by atoms with van der Waals surface area (Å²) in [4.78, 5) is 7.75. The van der Waals surface area contributed by atoms with Gasteiger partial charge in [0.05, 0.1) is 7.05 Å².